The second-order valence-electron chi connectivity index (χ2n) is 3.48. The maximum absolute atomic E-state index is 5.10. The minimum atomic E-state index is 0. The summed E-state index contributed by atoms with van der Waals surface area (Å²) in [6.45, 7) is 2.22. The van der Waals surface area contributed by atoms with Crippen molar-refractivity contribution in [2.75, 3.05) is 7.11 Å². The van der Waals surface area contributed by atoms with Gasteiger partial charge in [-0.1, -0.05) is 50.1 Å². The third kappa shape index (κ3) is 9.68. The van der Waals surface area contributed by atoms with Gasteiger partial charge in [-0.15, -0.1) is 0 Å². The molecule has 1 aromatic carbocycles. The Hall–Kier alpha value is 0.00494. The number of ether oxygens (including phenoxy) is 1. The maximum atomic E-state index is 5.10. The van der Waals surface area contributed by atoms with E-state index in [2.05, 4.69) is 26.3 Å². The monoisotopic (exact) mass is 249 g/mol. The molecule has 0 atom stereocenters. The van der Waals surface area contributed by atoms with Gasteiger partial charge in [0.1, 0.15) is 13.0 Å². The van der Waals surface area contributed by atoms with Crippen LogP contribution in [0.3, 0.4) is 0 Å². The molecule has 0 saturated heterocycles. The van der Waals surface area contributed by atoms with E-state index in [4.69, 9.17) is 4.74 Å². The molecule has 1 rings (SSSR count). The third-order valence-corrected chi connectivity index (χ3v) is 2.30. The molecule has 0 aromatic heterocycles. The first-order valence-electron chi connectivity index (χ1n) is 5.31. The number of hydrogen-bond donors (Lipinski definition) is 0. The molecule has 93 valence electrons. The Kier molecular flexibility index (Phi) is 18.4. The van der Waals surface area contributed by atoms with Crippen LogP contribution in [0.1, 0.15) is 26.8 Å². The molecule has 0 unspecified atom stereocenters. The van der Waals surface area contributed by atoms with Crippen LogP contribution < -0.4 is 34.3 Å². The number of hydrogen-bond acceptors (Lipinski definition) is 1. The van der Waals surface area contributed by atoms with Gasteiger partial charge in [-0.25, -0.2) is 0 Å². The van der Waals surface area contributed by atoms with E-state index < -0.39 is 0 Å². The summed E-state index contributed by atoms with van der Waals surface area (Å²) in [5.74, 6) is 0.933. The van der Waals surface area contributed by atoms with Gasteiger partial charge in [0.25, 0.3) is 0 Å². The van der Waals surface area contributed by atoms with Crippen molar-refractivity contribution in [1.82, 2.24) is 0 Å². The van der Waals surface area contributed by atoms with Gasteiger partial charge in [0.15, 0.2) is 0 Å². The van der Waals surface area contributed by atoms with E-state index in [9.17, 15) is 0 Å². The molecule has 4 N–H and O–H groups in total. The number of benzene rings is 1. The van der Waals surface area contributed by atoms with Crippen LogP contribution in [0.15, 0.2) is 24.3 Å². The molecule has 1 aromatic rings. The zero-order valence-corrected chi connectivity index (χ0v) is 13.1. The van der Waals surface area contributed by atoms with Crippen LogP contribution in [0.4, 0.5) is 0 Å². The fourth-order valence-corrected chi connectivity index (χ4v) is 1.38. The van der Waals surface area contributed by atoms with E-state index in [0.717, 1.165) is 12.1 Å². The summed E-state index contributed by atoms with van der Waals surface area (Å²) in [7, 11) is 4.05. The summed E-state index contributed by atoms with van der Waals surface area (Å²) < 4.78 is 5.10. The normalized spacial score (nSPS) is 8.12. The first-order valence-corrected chi connectivity index (χ1v) is 5.31. The molecule has 17 heavy (non-hydrogen) atoms. The van der Waals surface area contributed by atoms with E-state index in [1.54, 1.807) is 7.11 Å². The van der Waals surface area contributed by atoms with Crippen LogP contribution >= 0.6 is 0 Å². The van der Waals surface area contributed by atoms with Crippen molar-refractivity contribution in [2.45, 2.75) is 32.4 Å². The Morgan fingerprint density at radius 2 is 1.76 bits per heavy atom. The Morgan fingerprint density at radius 1 is 1.18 bits per heavy atom. The molecule has 5 heteroatoms. The minimum Gasteiger partial charge on any atom is -1.00 e. The van der Waals surface area contributed by atoms with Crippen LogP contribution in [0.5, 0.6) is 5.75 Å². The predicted molar refractivity (Wildman–Crippen MR) is 70.5 cm³/mol. The quantitative estimate of drug-likeness (QED) is 0.450. The van der Waals surface area contributed by atoms with E-state index in [1.165, 1.54) is 24.7 Å². The second kappa shape index (κ2) is 14.1. The van der Waals surface area contributed by atoms with Crippen LogP contribution in [0, 0.1) is 0 Å². The molecule has 0 saturated carbocycles. The van der Waals surface area contributed by atoms with Gasteiger partial charge in [-0.2, -0.15) is 0 Å². The van der Waals surface area contributed by atoms with Gasteiger partial charge in [0.05, 0.1) is 7.11 Å². The Labute approximate surface area is 129 Å². The summed E-state index contributed by atoms with van der Waals surface area (Å²) in [4.78, 5) is 0. The van der Waals surface area contributed by atoms with Gasteiger partial charge < -0.3 is 17.1 Å². The van der Waals surface area contributed by atoms with Crippen LogP contribution in [0.2, 0.25) is 6.32 Å². The Bertz CT molecular complexity index is 260. The smallest absolute Gasteiger partial charge is 1.00 e. The second-order valence-corrected chi connectivity index (χ2v) is 3.48. The molecule has 0 aliphatic carbocycles. The van der Waals surface area contributed by atoms with Gasteiger partial charge in [-0.05, 0) is 12.1 Å². The SMILES string of the molecule is CCCC[B]Cc1ccc(OC)cc1.O.O.[H-].[Na+]. The summed E-state index contributed by atoms with van der Waals surface area (Å²) >= 11 is 0. The Balaban J connectivity index is -0.000000245. The zero-order chi connectivity index (χ0) is 10.2. The fourth-order valence-electron chi connectivity index (χ4n) is 1.38. The molecule has 0 spiro atoms. The molecule has 0 aliphatic heterocycles. The van der Waals surface area contributed by atoms with Crippen molar-refractivity contribution in [3.63, 3.8) is 0 Å². The molecule has 0 amide bonds. The first kappa shape index (κ1) is 22.2. The van der Waals surface area contributed by atoms with Crippen LogP contribution in [0.25, 0.3) is 0 Å². The number of methoxy groups -OCH3 is 1. The van der Waals surface area contributed by atoms with Gasteiger partial charge >= 0.3 is 29.6 Å². The van der Waals surface area contributed by atoms with Gasteiger partial charge in [-0.3, -0.25) is 0 Å². The predicted octanol–water partition coefficient (Wildman–Crippen LogP) is -1.42. The van der Waals surface area contributed by atoms with Crippen LogP contribution in [-0.4, -0.2) is 25.3 Å². The van der Waals surface area contributed by atoms with Crippen molar-refractivity contribution >= 4 is 7.28 Å². The Morgan fingerprint density at radius 3 is 2.24 bits per heavy atom. The van der Waals surface area contributed by atoms with Crippen LogP contribution in [-0.2, 0) is 6.32 Å². The topological polar surface area (TPSA) is 72.2 Å². The summed E-state index contributed by atoms with van der Waals surface area (Å²) in [6.07, 6.45) is 4.88. The molecular formula is C12H23BNaO3. The molecule has 0 fully saturated rings. The largest absolute Gasteiger partial charge is 1.00 e. The average Bonchev–Trinajstić information content (AvgIpc) is 2.25. The standard InChI is InChI=1S/C12H18BO.Na.2H2O.H/c1-3-4-9-13-10-11-5-7-12(14-2)8-6-11;;;;/h5-8H,3-4,9-10H2,1-2H3;;2*1H2;/q;+1;;;-1. The van der Waals surface area contributed by atoms with Crippen molar-refractivity contribution in [1.29, 1.82) is 0 Å². The number of rotatable bonds is 6. The fraction of sp³-hybridized carbons (Fsp3) is 0.500. The molecule has 0 aliphatic rings. The molecule has 3 nitrogen and oxygen atoms in total. The molecule has 0 bridgehead atoms. The maximum Gasteiger partial charge on any atom is 1.00 e. The molecule has 0 heterocycles. The summed E-state index contributed by atoms with van der Waals surface area (Å²) in [5.41, 5.74) is 1.36. The third-order valence-electron chi connectivity index (χ3n) is 2.30. The van der Waals surface area contributed by atoms with Gasteiger partial charge in [0, 0.05) is 0 Å². The first-order chi connectivity index (χ1) is 6.86. The van der Waals surface area contributed by atoms with Gasteiger partial charge in [0.2, 0.25) is 0 Å². The summed E-state index contributed by atoms with van der Waals surface area (Å²) in [5, 5.41) is 0. The average molecular weight is 249 g/mol. The van der Waals surface area contributed by atoms with E-state index >= 15 is 0 Å². The van der Waals surface area contributed by atoms with Crippen molar-refractivity contribution in [3.05, 3.63) is 29.8 Å². The van der Waals surface area contributed by atoms with E-state index in [-0.39, 0.29) is 41.9 Å². The molecular weight excluding hydrogens is 226 g/mol. The van der Waals surface area contributed by atoms with E-state index in [1.807, 2.05) is 12.1 Å². The van der Waals surface area contributed by atoms with Crippen molar-refractivity contribution in [2.24, 2.45) is 0 Å². The minimum absolute atomic E-state index is 0. The summed E-state index contributed by atoms with van der Waals surface area (Å²) in [6, 6.07) is 8.29. The zero-order valence-electron chi connectivity index (χ0n) is 12.1. The number of unbranched alkanes of at least 4 members (excludes halogenated alkanes) is 1. The van der Waals surface area contributed by atoms with E-state index in [0.29, 0.717) is 0 Å². The van der Waals surface area contributed by atoms with Crippen molar-refractivity contribution < 1.29 is 46.7 Å². The molecule has 1 radical (unpaired) electrons. The van der Waals surface area contributed by atoms with Crippen molar-refractivity contribution in [3.8, 4) is 5.75 Å².